The highest BCUT2D eigenvalue weighted by atomic mass is 16.5. The third kappa shape index (κ3) is 3.58. The number of nitrogens with zero attached hydrogens (tertiary/aromatic N) is 3. The summed E-state index contributed by atoms with van der Waals surface area (Å²) in [5.41, 5.74) is 3.35. The SMILES string of the molecule is COc1cc2c(cc1OC)C(C(C)C)N(c1ncnc3cc(OC)c(OC)cc13)CC2. The summed E-state index contributed by atoms with van der Waals surface area (Å²) < 4.78 is 22.1. The Morgan fingerprint density at radius 3 is 2.10 bits per heavy atom. The molecule has 2 aromatic carbocycles. The number of ether oxygens (including phenoxy) is 4. The van der Waals surface area contributed by atoms with Crippen molar-refractivity contribution in [1.82, 2.24) is 9.97 Å². The van der Waals surface area contributed by atoms with Crippen molar-refractivity contribution in [2.45, 2.75) is 26.3 Å². The summed E-state index contributed by atoms with van der Waals surface area (Å²) in [5, 5.41) is 0.940. The molecule has 7 heteroatoms. The van der Waals surface area contributed by atoms with Crippen molar-refractivity contribution in [3.05, 3.63) is 41.7 Å². The molecular formula is C24H29N3O4. The van der Waals surface area contributed by atoms with Gasteiger partial charge < -0.3 is 23.8 Å². The zero-order valence-electron chi connectivity index (χ0n) is 18.9. The van der Waals surface area contributed by atoms with Crippen LogP contribution in [-0.2, 0) is 6.42 Å². The van der Waals surface area contributed by atoms with Gasteiger partial charge in [0.1, 0.15) is 12.1 Å². The van der Waals surface area contributed by atoms with Crippen molar-refractivity contribution in [2.75, 3.05) is 39.9 Å². The number of benzene rings is 2. The van der Waals surface area contributed by atoms with E-state index in [1.807, 2.05) is 12.1 Å². The van der Waals surface area contributed by atoms with Crippen LogP contribution in [-0.4, -0.2) is 45.0 Å². The van der Waals surface area contributed by atoms with Crippen molar-refractivity contribution in [3.8, 4) is 23.0 Å². The van der Waals surface area contributed by atoms with E-state index in [0.717, 1.165) is 41.2 Å². The van der Waals surface area contributed by atoms with Crippen LogP contribution < -0.4 is 23.8 Å². The second-order valence-corrected chi connectivity index (χ2v) is 7.96. The van der Waals surface area contributed by atoms with Gasteiger partial charge >= 0.3 is 0 Å². The average molecular weight is 424 g/mol. The minimum atomic E-state index is 0.134. The van der Waals surface area contributed by atoms with Gasteiger partial charge in [-0.05, 0) is 41.7 Å². The van der Waals surface area contributed by atoms with Gasteiger partial charge in [0.25, 0.3) is 0 Å². The molecule has 3 aromatic rings. The van der Waals surface area contributed by atoms with Crippen LogP contribution in [0, 0.1) is 5.92 Å². The molecule has 0 radical (unpaired) electrons. The maximum atomic E-state index is 5.60. The lowest BCUT2D eigenvalue weighted by Crippen LogP contribution is -2.39. The van der Waals surface area contributed by atoms with Gasteiger partial charge in [0.15, 0.2) is 23.0 Å². The van der Waals surface area contributed by atoms with Crippen molar-refractivity contribution >= 4 is 16.7 Å². The Morgan fingerprint density at radius 2 is 1.45 bits per heavy atom. The lowest BCUT2D eigenvalue weighted by atomic mass is 9.85. The van der Waals surface area contributed by atoms with Gasteiger partial charge in [0.2, 0.25) is 0 Å². The summed E-state index contributed by atoms with van der Waals surface area (Å²) >= 11 is 0. The van der Waals surface area contributed by atoms with E-state index in [1.54, 1.807) is 34.8 Å². The number of hydrogen-bond acceptors (Lipinski definition) is 7. The molecule has 1 aliphatic heterocycles. The van der Waals surface area contributed by atoms with E-state index in [1.165, 1.54) is 11.1 Å². The standard InChI is InChI=1S/C24H29N3O4/c1-14(2)23-16-10-20(29-4)19(28-3)9-15(16)7-8-27(23)24-17-11-21(30-5)22(31-6)12-18(17)25-13-26-24/h9-14,23H,7-8H2,1-6H3. The minimum absolute atomic E-state index is 0.134. The van der Waals surface area contributed by atoms with Crippen LogP contribution in [0.4, 0.5) is 5.82 Å². The summed E-state index contributed by atoms with van der Waals surface area (Å²) in [6.45, 7) is 5.30. The molecule has 0 aliphatic carbocycles. The number of aromatic nitrogens is 2. The van der Waals surface area contributed by atoms with Crippen LogP contribution in [0.15, 0.2) is 30.6 Å². The number of fused-ring (bicyclic) bond motifs is 2. The lowest BCUT2D eigenvalue weighted by molar-refractivity contribution is 0.351. The topological polar surface area (TPSA) is 65.9 Å². The predicted octanol–water partition coefficient (Wildman–Crippen LogP) is 4.42. The number of rotatable bonds is 6. The Balaban J connectivity index is 1.88. The highest BCUT2D eigenvalue weighted by molar-refractivity contribution is 5.92. The first kappa shape index (κ1) is 21.0. The molecule has 0 N–H and O–H groups in total. The Kier molecular flexibility index (Phi) is 5.76. The molecule has 1 unspecified atom stereocenters. The molecule has 2 heterocycles. The van der Waals surface area contributed by atoms with Gasteiger partial charge in [-0.3, -0.25) is 0 Å². The molecule has 4 rings (SSSR count). The van der Waals surface area contributed by atoms with Crippen LogP contribution in [0.2, 0.25) is 0 Å². The first-order valence-corrected chi connectivity index (χ1v) is 10.4. The average Bonchev–Trinajstić information content (AvgIpc) is 2.80. The van der Waals surface area contributed by atoms with Crippen LogP contribution in [0.25, 0.3) is 10.9 Å². The summed E-state index contributed by atoms with van der Waals surface area (Å²) in [7, 11) is 6.62. The molecule has 1 aliphatic rings. The third-order valence-electron chi connectivity index (χ3n) is 5.95. The van der Waals surface area contributed by atoms with Crippen molar-refractivity contribution in [2.24, 2.45) is 5.92 Å². The predicted molar refractivity (Wildman–Crippen MR) is 121 cm³/mol. The fraction of sp³-hybridized carbons (Fsp3) is 0.417. The normalized spacial score (nSPS) is 15.7. The number of anilines is 1. The van der Waals surface area contributed by atoms with E-state index < -0.39 is 0 Å². The van der Waals surface area contributed by atoms with Gasteiger partial charge in [0, 0.05) is 18.0 Å². The zero-order valence-corrected chi connectivity index (χ0v) is 18.9. The lowest BCUT2D eigenvalue weighted by Gasteiger charge is -2.41. The van der Waals surface area contributed by atoms with Crippen LogP contribution >= 0.6 is 0 Å². The molecule has 0 saturated heterocycles. The number of methoxy groups -OCH3 is 4. The maximum Gasteiger partial charge on any atom is 0.162 e. The highest BCUT2D eigenvalue weighted by Gasteiger charge is 2.33. The summed E-state index contributed by atoms with van der Waals surface area (Å²) in [6.07, 6.45) is 2.50. The smallest absolute Gasteiger partial charge is 0.162 e. The van der Waals surface area contributed by atoms with Gasteiger partial charge in [-0.15, -0.1) is 0 Å². The minimum Gasteiger partial charge on any atom is -0.493 e. The Bertz CT molecular complexity index is 1100. The van der Waals surface area contributed by atoms with Crippen LogP contribution in [0.1, 0.15) is 31.0 Å². The van der Waals surface area contributed by atoms with Crippen LogP contribution in [0.3, 0.4) is 0 Å². The van der Waals surface area contributed by atoms with Gasteiger partial charge in [-0.25, -0.2) is 9.97 Å². The molecule has 0 saturated carbocycles. The molecule has 0 bridgehead atoms. The maximum absolute atomic E-state index is 5.60. The monoisotopic (exact) mass is 423 g/mol. The molecule has 0 spiro atoms. The summed E-state index contributed by atoms with van der Waals surface area (Å²) in [6, 6.07) is 8.21. The molecule has 7 nitrogen and oxygen atoms in total. The summed E-state index contributed by atoms with van der Waals surface area (Å²) in [4.78, 5) is 11.6. The zero-order chi connectivity index (χ0) is 22.1. The van der Waals surface area contributed by atoms with E-state index in [2.05, 4.69) is 35.9 Å². The Hall–Kier alpha value is -3.22. The fourth-order valence-electron chi connectivity index (χ4n) is 4.53. The Morgan fingerprint density at radius 1 is 0.839 bits per heavy atom. The Labute approximate surface area is 182 Å². The quantitative estimate of drug-likeness (QED) is 0.581. The van der Waals surface area contributed by atoms with Gasteiger partial charge in [-0.2, -0.15) is 0 Å². The second-order valence-electron chi connectivity index (χ2n) is 7.96. The van der Waals surface area contributed by atoms with Gasteiger partial charge in [0.05, 0.1) is 40.0 Å². The summed E-state index contributed by atoms with van der Waals surface area (Å²) in [5.74, 6) is 4.07. The van der Waals surface area contributed by atoms with E-state index in [0.29, 0.717) is 17.4 Å². The second kappa shape index (κ2) is 8.49. The molecular weight excluding hydrogens is 394 g/mol. The largest absolute Gasteiger partial charge is 0.493 e. The van der Waals surface area contributed by atoms with E-state index in [4.69, 9.17) is 23.9 Å². The molecule has 0 amide bonds. The molecule has 31 heavy (non-hydrogen) atoms. The van der Waals surface area contributed by atoms with E-state index in [9.17, 15) is 0 Å². The van der Waals surface area contributed by atoms with Crippen molar-refractivity contribution in [3.63, 3.8) is 0 Å². The molecule has 1 aromatic heterocycles. The highest BCUT2D eigenvalue weighted by Crippen LogP contribution is 2.44. The van der Waals surface area contributed by atoms with E-state index in [-0.39, 0.29) is 6.04 Å². The molecule has 164 valence electrons. The van der Waals surface area contributed by atoms with E-state index >= 15 is 0 Å². The molecule has 0 fully saturated rings. The first-order valence-electron chi connectivity index (χ1n) is 10.4. The van der Waals surface area contributed by atoms with Crippen LogP contribution in [0.5, 0.6) is 23.0 Å². The third-order valence-corrected chi connectivity index (χ3v) is 5.95. The molecule has 1 atom stereocenters. The van der Waals surface area contributed by atoms with Gasteiger partial charge in [-0.1, -0.05) is 13.8 Å². The van der Waals surface area contributed by atoms with Crippen molar-refractivity contribution in [1.29, 1.82) is 0 Å². The van der Waals surface area contributed by atoms with Crippen molar-refractivity contribution < 1.29 is 18.9 Å². The first-order chi connectivity index (χ1) is 15.0. The number of hydrogen-bond donors (Lipinski definition) is 0. The fourth-order valence-corrected chi connectivity index (χ4v) is 4.53.